The number of carbonyl (C=O) groups excluding carboxylic acids is 1. The van der Waals surface area contributed by atoms with Crippen LogP contribution in [0.3, 0.4) is 0 Å². The molecule has 0 atom stereocenters. The first-order valence-electron chi connectivity index (χ1n) is 3.85. The van der Waals surface area contributed by atoms with Crippen molar-refractivity contribution in [2.24, 2.45) is 5.92 Å². The van der Waals surface area contributed by atoms with E-state index in [2.05, 4.69) is 5.32 Å². The molecule has 2 nitrogen and oxygen atoms in total. The number of nitrogens with one attached hydrogen (secondary N) is 1. The number of hydrogen-bond donors (Lipinski definition) is 1. The molecule has 10 heavy (non-hydrogen) atoms. The van der Waals surface area contributed by atoms with Gasteiger partial charge in [0.2, 0.25) is 0 Å². The standard InChI is InChI=1S/C8H15NO/c1-6(2)7(10)8(9-3)4-5-8/h6,9H,4-5H2,1-3H3. The Balaban J connectivity index is 2.56. The molecule has 1 N–H and O–H groups in total. The molecule has 0 radical (unpaired) electrons. The highest BCUT2D eigenvalue weighted by molar-refractivity contribution is 5.92. The minimum Gasteiger partial charge on any atom is -0.308 e. The zero-order valence-electron chi connectivity index (χ0n) is 6.90. The van der Waals surface area contributed by atoms with Gasteiger partial charge in [-0.25, -0.2) is 0 Å². The Labute approximate surface area is 62.0 Å². The molecule has 1 aliphatic carbocycles. The van der Waals surface area contributed by atoms with Gasteiger partial charge in [0, 0.05) is 5.92 Å². The lowest BCUT2D eigenvalue weighted by atomic mass is 10.0. The molecule has 0 saturated heterocycles. The quantitative estimate of drug-likeness (QED) is 0.634. The topological polar surface area (TPSA) is 29.1 Å². The number of rotatable bonds is 3. The summed E-state index contributed by atoms with van der Waals surface area (Å²) in [5.74, 6) is 0.546. The maximum Gasteiger partial charge on any atom is 0.155 e. The monoisotopic (exact) mass is 141 g/mol. The van der Waals surface area contributed by atoms with E-state index in [1.807, 2.05) is 20.9 Å². The summed E-state index contributed by atoms with van der Waals surface area (Å²) in [6, 6.07) is 0. The van der Waals surface area contributed by atoms with Gasteiger partial charge in [0.1, 0.15) is 0 Å². The number of carbonyl (C=O) groups is 1. The van der Waals surface area contributed by atoms with Gasteiger partial charge in [0.25, 0.3) is 0 Å². The molecular formula is C8H15NO. The third-order valence-corrected chi connectivity index (χ3v) is 2.22. The summed E-state index contributed by atoms with van der Waals surface area (Å²) in [6.07, 6.45) is 2.06. The lowest BCUT2D eigenvalue weighted by molar-refractivity contribution is -0.124. The van der Waals surface area contributed by atoms with E-state index in [0.29, 0.717) is 5.78 Å². The maximum absolute atomic E-state index is 11.4. The second-order valence-electron chi connectivity index (χ2n) is 3.35. The fraction of sp³-hybridized carbons (Fsp3) is 0.875. The molecule has 1 fully saturated rings. The summed E-state index contributed by atoms with van der Waals surface area (Å²) in [4.78, 5) is 11.4. The van der Waals surface area contributed by atoms with Gasteiger partial charge in [0.05, 0.1) is 5.54 Å². The van der Waals surface area contributed by atoms with Crippen LogP contribution >= 0.6 is 0 Å². The fourth-order valence-electron chi connectivity index (χ4n) is 1.30. The SMILES string of the molecule is CNC1(C(=O)C(C)C)CC1. The zero-order chi connectivity index (χ0) is 7.78. The lowest BCUT2D eigenvalue weighted by Crippen LogP contribution is -2.39. The molecule has 1 saturated carbocycles. The molecule has 0 aromatic heterocycles. The second kappa shape index (κ2) is 2.35. The minimum atomic E-state index is -0.117. The van der Waals surface area contributed by atoms with Gasteiger partial charge in [-0.05, 0) is 19.9 Å². The lowest BCUT2D eigenvalue weighted by Gasteiger charge is -2.14. The van der Waals surface area contributed by atoms with Crippen molar-refractivity contribution in [1.29, 1.82) is 0 Å². The summed E-state index contributed by atoms with van der Waals surface area (Å²) < 4.78 is 0. The van der Waals surface area contributed by atoms with Crippen LogP contribution in [-0.4, -0.2) is 18.4 Å². The van der Waals surface area contributed by atoms with E-state index in [9.17, 15) is 4.79 Å². The van der Waals surface area contributed by atoms with Crippen LogP contribution in [0.15, 0.2) is 0 Å². The predicted octanol–water partition coefficient (Wildman–Crippen LogP) is 0.963. The second-order valence-corrected chi connectivity index (χ2v) is 3.35. The van der Waals surface area contributed by atoms with Crippen molar-refractivity contribution in [3.63, 3.8) is 0 Å². The minimum absolute atomic E-state index is 0.117. The molecule has 0 spiro atoms. The van der Waals surface area contributed by atoms with Crippen LogP contribution in [0.5, 0.6) is 0 Å². The predicted molar refractivity (Wildman–Crippen MR) is 40.9 cm³/mol. The van der Waals surface area contributed by atoms with E-state index in [-0.39, 0.29) is 11.5 Å². The van der Waals surface area contributed by atoms with Gasteiger partial charge in [-0.2, -0.15) is 0 Å². The molecular weight excluding hydrogens is 126 g/mol. The first-order chi connectivity index (χ1) is 4.62. The summed E-state index contributed by atoms with van der Waals surface area (Å²) >= 11 is 0. The molecule has 0 bridgehead atoms. The number of hydrogen-bond acceptors (Lipinski definition) is 2. The molecule has 2 heteroatoms. The highest BCUT2D eigenvalue weighted by Crippen LogP contribution is 2.37. The van der Waals surface area contributed by atoms with Crippen molar-refractivity contribution in [3.8, 4) is 0 Å². The first kappa shape index (κ1) is 7.73. The number of ketones is 1. The normalized spacial score (nSPS) is 21.2. The average Bonchev–Trinajstić information content (AvgIpc) is 2.66. The van der Waals surface area contributed by atoms with Crippen molar-refractivity contribution >= 4 is 5.78 Å². The van der Waals surface area contributed by atoms with Crippen LogP contribution in [0.2, 0.25) is 0 Å². The Hall–Kier alpha value is -0.370. The average molecular weight is 141 g/mol. The van der Waals surface area contributed by atoms with Gasteiger partial charge in [-0.1, -0.05) is 13.8 Å². The third-order valence-electron chi connectivity index (χ3n) is 2.22. The van der Waals surface area contributed by atoms with Crippen molar-refractivity contribution in [2.45, 2.75) is 32.2 Å². The van der Waals surface area contributed by atoms with Gasteiger partial charge in [0.15, 0.2) is 5.78 Å². The van der Waals surface area contributed by atoms with Gasteiger partial charge in [-0.3, -0.25) is 4.79 Å². The molecule has 1 rings (SSSR count). The Morgan fingerprint density at radius 3 is 2.10 bits per heavy atom. The van der Waals surface area contributed by atoms with E-state index in [4.69, 9.17) is 0 Å². The van der Waals surface area contributed by atoms with Crippen LogP contribution in [0.25, 0.3) is 0 Å². The summed E-state index contributed by atoms with van der Waals surface area (Å²) in [7, 11) is 1.87. The molecule has 0 unspecified atom stereocenters. The van der Waals surface area contributed by atoms with Crippen molar-refractivity contribution in [1.82, 2.24) is 5.32 Å². The van der Waals surface area contributed by atoms with E-state index in [1.165, 1.54) is 0 Å². The molecule has 0 aromatic rings. The van der Waals surface area contributed by atoms with Crippen molar-refractivity contribution in [2.75, 3.05) is 7.05 Å². The maximum atomic E-state index is 11.4. The molecule has 58 valence electrons. The van der Waals surface area contributed by atoms with Crippen LogP contribution in [0.4, 0.5) is 0 Å². The molecule has 0 aromatic carbocycles. The van der Waals surface area contributed by atoms with E-state index in [0.717, 1.165) is 12.8 Å². The van der Waals surface area contributed by atoms with Gasteiger partial charge in [-0.15, -0.1) is 0 Å². The Bertz CT molecular complexity index is 147. The van der Waals surface area contributed by atoms with Crippen LogP contribution in [-0.2, 0) is 4.79 Å². The highest BCUT2D eigenvalue weighted by atomic mass is 16.1. The van der Waals surface area contributed by atoms with Gasteiger partial charge < -0.3 is 5.32 Å². The zero-order valence-corrected chi connectivity index (χ0v) is 6.90. The van der Waals surface area contributed by atoms with E-state index in [1.54, 1.807) is 0 Å². The van der Waals surface area contributed by atoms with Crippen molar-refractivity contribution < 1.29 is 4.79 Å². The number of likely N-dealkylation sites (N-methyl/N-ethyl adjacent to an activating group) is 1. The summed E-state index contributed by atoms with van der Waals surface area (Å²) in [5.41, 5.74) is -0.117. The third kappa shape index (κ3) is 1.08. The highest BCUT2D eigenvalue weighted by Gasteiger charge is 2.48. The van der Waals surface area contributed by atoms with Gasteiger partial charge >= 0.3 is 0 Å². The fourth-order valence-corrected chi connectivity index (χ4v) is 1.30. The van der Waals surface area contributed by atoms with Crippen LogP contribution in [0.1, 0.15) is 26.7 Å². The summed E-state index contributed by atoms with van der Waals surface area (Å²) in [5, 5.41) is 3.08. The van der Waals surface area contributed by atoms with Crippen LogP contribution < -0.4 is 5.32 Å². The Morgan fingerprint density at radius 1 is 1.50 bits per heavy atom. The molecule has 0 heterocycles. The molecule has 1 aliphatic rings. The first-order valence-corrected chi connectivity index (χ1v) is 3.85. The van der Waals surface area contributed by atoms with E-state index < -0.39 is 0 Å². The smallest absolute Gasteiger partial charge is 0.155 e. The molecule has 0 aliphatic heterocycles. The van der Waals surface area contributed by atoms with Crippen molar-refractivity contribution in [3.05, 3.63) is 0 Å². The Morgan fingerprint density at radius 2 is 2.00 bits per heavy atom. The molecule has 0 amide bonds. The number of Topliss-reactive ketones (excluding diaryl/α,β-unsaturated/α-hetero) is 1. The summed E-state index contributed by atoms with van der Waals surface area (Å²) in [6.45, 7) is 3.92. The van der Waals surface area contributed by atoms with E-state index >= 15 is 0 Å². The Kier molecular flexibility index (Phi) is 1.82. The van der Waals surface area contributed by atoms with Crippen LogP contribution in [0, 0.1) is 5.92 Å². The largest absolute Gasteiger partial charge is 0.308 e.